The van der Waals surface area contributed by atoms with E-state index in [0.717, 1.165) is 36.8 Å². The molecule has 2 amide bonds. The average Bonchev–Trinajstić information content (AvgIpc) is 3.49. The van der Waals surface area contributed by atoms with Gasteiger partial charge in [0.25, 0.3) is 0 Å². The van der Waals surface area contributed by atoms with Crippen LogP contribution in [0.1, 0.15) is 55.6 Å². The lowest BCUT2D eigenvalue weighted by Crippen LogP contribution is -2.50. The number of aliphatic carboxylic acids is 1. The fourth-order valence-electron chi connectivity index (χ4n) is 5.52. The van der Waals surface area contributed by atoms with Crippen molar-refractivity contribution in [2.45, 2.75) is 56.5 Å². The SMILES string of the molecule is O=C(O)C[C@H]1CC[C@@H](NC(=O)C(NC(=O)OCC2c3ccccc3-c3ccccc32)C2CC2)C1. The first-order valence-corrected chi connectivity index (χ1v) is 12.1. The minimum absolute atomic E-state index is 0.0315. The number of fused-ring (bicyclic) bond motifs is 3. The summed E-state index contributed by atoms with van der Waals surface area (Å²) in [5.41, 5.74) is 4.62. The molecule has 7 nitrogen and oxygen atoms in total. The molecule has 3 atom stereocenters. The maximum atomic E-state index is 12.9. The number of carboxylic acid groups (broad SMARTS) is 1. The molecule has 0 radical (unpaired) electrons. The zero-order valence-electron chi connectivity index (χ0n) is 19.0. The number of hydrogen-bond acceptors (Lipinski definition) is 4. The molecule has 0 spiro atoms. The zero-order valence-corrected chi connectivity index (χ0v) is 19.0. The first kappa shape index (κ1) is 22.4. The van der Waals surface area contributed by atoms with Crippen LogP contribution in [0.25, 0.3) is 11.1 Å². The van der Waals surface area contributed by atoms with Crippen molar-refractivity contribution in [2.24, 2.45) is 11.8 Å². The summed E-state index contributed by atoms with van der Waals surface area (Å²) in [6.07, 6.45) is 3.58. The van der Waals surface area contributed by atoms with E-state index in [1.807, 2.05) is 24.3 Å². The van der Waals surface area contributed by atoms with E-state index in [1.54, 1.807) is 0 Å². The molecule has 0 heterocycles. The normalized spacial score (nSPS) is 21.9. The van der Waals surface area contributed by atoms with Crippen LogP contribution < -0.4 is 10.6 Å². The maximum Gasteiger partial charge on any atom is 0.407 e. The molecule has 2 saturated carbocycles. The third-order valence-electron chi connectivity index (χ3n) is 7.34. The van der Waals surface area contributed by atoms with E-state index in [0.29, 0.717) is 6.42 Å². The Bertz CT molecular complexity index is 1050. The lowest BCUT2D eigenvalue weighted by molar-refractivity contribution is -0.138. The summed E-state index contributed by atoms with van der Waals surface area (Å²) in [6.45, 7) is 0.207. The molecule has 3 N–H and O–H groups in total. The van der Waals surface area contributed by atoms with Crippen molar-refractivity contribution < 1.29 is 24.2 Å². The van der Waals surface area contributed by atoms with Gasteiger partial charge in [-0.15, -0.1) is 0 Å². The van der Waals surface area contributed by atoms with Crippen LogP contribution in [0, 0.1) is 11.8 Å². The molecule has 178 valence electrons. The highest BCUT2D eigenvalue weighted by Crippen LogP contribution is 2.44. The number of amides is 2. The van der Waals surface area contributed by atoms with Crippen molar-refractivity contribution in [3.8, 4) is 11.1 Å². The van der Waals surface area contributed by atoms with Gasteiger partial charge in [0, 0.05) is 18.4 Å². The van der Waals surface area contributed by atoms with Gasteiger partial charge >= 0.3 is 12.1 Å². The van der Waals surface area contributed by atoms with Gasteiger partial charge in [-0.1, -0.05) is 48.5 Å². The Morgan fingerprint density at radius 2 is 1.59 bits per heavy atom. The summed E-state index contributed by atoms with van der Waals surface area (Å²) in [7, 11) is 0. The number of carbonyl (C=O) groups is 3. The van der Waals surface area contributed by atoms with Gasteiger partial charge in [0.1, 0.15) is 12.6 Å². The molecule has 34 heavy (non-hydrogen) atoms. The van der Waals surface area contributed by atoms with Crippen LogP contribution >= 0.6 is 0 Å². The number of hydrogen-bond donors (Lipinski definition) is 3. The topological polar surface area (TPSA) is 105 Å². The number of alkyl carbamates (subject to hydrolysis) is 1. The summed E-state index contributed by atoms with van der Waals surface area (Å²) < 4.78 is 5.63. The van der Waals surface area contributed by atoms with Crippen molar-refractivity contribution in [1.82, 2.24) is 10.6 Å². The van der Waals surface area contributed by atoms with Gasteiger partial charge in [-0.2, -0.15) is 0 Å². The molecular formula is C27H30N2O5. The maximum absolute atomic E-state index is 12.9. The Balaban J connectivity index is 1.18. The predicted octanol–water partition coefficient (Wildman–Crippen LogP) is 4.06. The monoisotopic (exact) mass is 462 g/mol. The molecule has 2 fully saturated rings. The highest BCUT2D eigenvalue weighted by atomic mass is 16.5. The Kier molecular flexibility index (Phi) is 6.26. The smallest absolute Gasteiger partial charge is 0.407 e. The van der Waals surface area contributed by atoms with Crippen LogP contribution in [0.5, 0.6) is 0 Å². The van der Waals surface area contributed by atoms with Gasteiger partial charge in [0.2, 0.25) is 5.91 Å². The molecule has 5 rings (SSSR count). The van der Waals surface area contributed by atoms with Crippen LogP contribution in [0.3, 0.4) is 0 Å². The van der Waals surface area contributed by atoms with Gasteiger partial charge in [0.15, 0.2) is 0 Å². The van der Waals surface area contributed by atoms with E-state index in [2.05, 4.69) is 34.9 Å². The molecule has 3 aliphatic carbocycles. The number of nitrogens with one attached hydrogen (secondary N) is 2. The summed E-state index contributed by atoms with van der Waals surface area (Å²) in [6, 6.07) is 15.7. The molecule has 3 aliphatic rings. The summed E-state index contributed by atoms with van der Waals surface area (Å²) in [5, 5.41) is 14.8. The number of ether oxygens (including phenoxy) is 1. The lowest BCUT2D eigenvalue weighted by Gasteiger charge is -2.21. The van der Waals surface area contributed by atoms with Crippen LogP contribution in [0.2, 0.25) is 0 Å². The van der Waals surface area contributed by atoms with Crippen molar-refractivity contribution in [3.05, 3.63) is 59.7 Å². The van der Waals surface area contributed by atoms with Gasteiger partial charge in [-0.3, -0.25) is 9.59 Å². The second-order valence-corrected chi connectivity index (χ2v) is 9.77. The second kappa shape index (κ2) is 9.49. The predicted molar refractivity (Wildman–Crippen MR) is 126 cm³/mol. The minimum Gasteiger partial charge on any atom is -0.481 e. The molecule has 7 heteroatoms. The van der Waals surface area contributed by atoms with Crippen molar-refractivity contribution in [1.29, 1.82) is 0 Å². The summed E-state index contributed by atoms with van der Waals surface area (Å²) in [4.78, 5) is 36.6. The quantitative estimate of drug-likeness (QED) is 0.549. The van der Waals surface area contributed by atoms with E-state index in [-0.39, 0.29) is 42.7 Å². The first-order chi connectivity index (χ1) is 16.5. The van der Waals surface area contributed by atoms with E-state index < -0.39 is 18.1 Å². The first-order valence-electron chi connectivity index (χ1n) is 12.1. The fourth-order valence-corrected chi connectivity index (χ4v) is 5.52. The minimum atomic E-state index is -0.801. The molecule has 0 aliphatic heterocycles. The standard InChI is InChI=1S/C27H30N2O5/c30-24(31)14-16-9-12-18(13-16)28-26(32)25(17-10-11-17)29-27(33)34-15-23-21-7-3-1-5-19(21)20-6-2-4-8-22(20)23/h1-8,16-18,23,25H,9-15H2,(H,28,32)(H,29,33)(H,30,31)/t16-,18+,25?/m0/s1. The summed E-state index contributed by atoms with van der Waals surface area (Å²) in [5.74, 6) is -0.813. The Hall–Kier alpha value is -3.35. The van der Waals surface area contributed by atoms with Gasteiger partial charge < -0.3 is 20.5 Å². The number of rotatable bonds is 8. The van der Waals surface area contributed by atoms with Crippen LogP contribution in [0.4, 0.5) is 4.79 Å². The number of carboxylic acids is 1. The average molecular weight is 463 g/mol. The van der Waals surface area contributed by atoms with Crippen LogP contribution in [-0.2, 0) is 14.3 Å². The largest absolute Gasteiger partial charge is 0.481 e. The molecule has 1 unspecified atom stereocenters. The molecule has 2 aromatic rings. The van der Waals surface area contributed by atoms with Crippen LogP contribution in [-0.4, -0.2) is 41.8 Å². The third kappa shape index (κ3) is 4.79. The zero-order chi connectivity index (χ0) is 23.7. The Labute approximate surface area is 198 Å². The van der Waals surface area contributed by atoms with Gasteiger partial charge in [-0.05, 0) is 66.2 Å². The molecule has 2 aromatic carbocycles. The Morgan fingerprint density at radius 3 is 2.21 bits per heavy atom. The van der Waals surface area contributed by atoms with E-state index in [1.165, 1.54) is 11.1 Å². The summed E-state index contributed by atoms with van der Waals surface area (Å²) >= 11 is 0. The van der Waals surface area contributed by atoms with Crippen molar-refractivity contribution in [2.75, 3.05) is 6.61 Å². The Morgan fingerprint density at radius 1 is 0.941 bits per heavy atom. The highest BCUT2D eigenvalue weighted by Gasteiger charge is 2.39. The molecule has 0 bridgehead atoms. The number of benzene rings is 2. The van der Waals surface area contributed by atoms with Gasteiger partial charge in [0.05, 0.1) is 0 Å². The van der Waals surface area contributed by atoms with Gasteiger partial charge in [-0.25, -0.2) is 4.79 Å². The van der Waals surface area contributed by atoms with E-state index in [4.69, 9.17) is 9.84 Å². The van der Waals surface area contributed by atoms with E-state index in [9.17, 15) is 14.4 Å². The molecular weight excluding hydrogens is 432 g/mol. The lowest BCUT2D eigenvalue weighted by atomic mass is 9.98. The third-order valence-corrected chi connectivity index (χ3v) is 7.34. The van der Waals surface area contributed by atoms with Crippen molar-refractivity contribution >= 4 is 18.0 Å². The van der Waals surface area contributed by atoms with Crippen molar-refractivity contribution in [3.63, 3.8) is 0 Å². The highest BCUT2D eigenvalue weighted by molar-refractivity contribution is 5.86. The fraction of sp³-hybridized carbons (Fsp3) is 0.444. The second-order valence-electron chi connectivity index (χ2n) is 9.77. The molecule has 0 saturated heterocycles. The van der Waals surface area contributed by atoms with Crippen LogP contribution in [0.15, 0.2) is 48.5 Å². The number of carbonyl (C=O) groups excluding carboxylic acids is 2. The molecule has 0 aromatic heterocycles. The van der Waals surface area contributed by atoms with E-state index >= 15 is 0 Å².